The van der Waals surface area contributed by atoms with Crippen molar-refractivity contribution in [3.8, 4) is 0 Å². The molecular weight excluding hydrogens is 250 g/mol. The minimum Gasteiger partial charge on any atom is -0.472 e. The van der Waals surface area contributed by atoms with E-state index >= 15 is 0 Å². The molecule has 1 aromatic carbocycles. The van der Waals surface area contributed by atoms with Crippen molar-refractivity contribution in [2.24, 2.45) is 0 Å². The lowest BCUT2D eigenvalue weighted by Crippen LogP contribution is -2.32. The Balaban J connectivity index is 1.92. The summed E-state index contributed by atoms with van der Waals surface area (Å²) >= 11 is 0. The van der Waals surface area contributed by atoms with Gasteiger partial charge in [-0.2, -0.15) is 0 Å². The van der Waals surface area contributed by atoms with Crippen molar-refractivity contribution in [1.82, 2.24) is 5.32 Å². The first-order valence-corrected chi connectivity index (χ1v) is 7.35. The summed E-state index contributed by atoms with van der Waals surface area (Å²) < 4.78 is 11.3. The fraction of sp³-hybridized carbons (Fsp3) is 0.412. The number of ether oxygens (including phenoxy) is 1. The van der Waals surface area contributed by atoms with Crippen molar-refractivity contribution < 1.29 is 9.15 Å². The topological polar surface area (TPSA) is 34.4 Å². The van der Waals surface area contributed by atoms with E-state index in [0.717, 1.165) is 31.6 Å². The number of fused-ring (bicyclic) bond motifs is 1. The van der Waals surface area contributed by atoms with E-state index < -0.39 is 0 Å². The van der Waals surface area contributed by atoms with E-state index in [0.29, 0.717) is 0 Å². The molecule has 0 radical (unpaired) electrons. The Bertz CT molecular complexity index is 536. The quantitative estimate of drug-likeness (QED) is 0.901. The molecule has 0 spiro atoms. The molecule has 1 aliphatic rings. The van der Waals surface area contributed by atoms with Gasteiger partial charge in [0.1, 0.15) is 6.10 Å². The van der Waals surface area contributed by atoms with Crippen LogP contribution < -0.4 is 5.32 Å². The summed E-state index contributed by atoms with van der Waals surface area (Å²) in [6, 6.07) is 10.8. The van der Waals surface area contributed by atoms with E-state index in [4.69, 9.17) is 9.15 Å². The van der Waals surface area contributed by atoms with Gasteiger partial charge >= 0.3 is 0 Å². The van der Waals surface area contributed by atoms with Crippen LogP contribution in [-0.2, 0) is 11.2 Å². The van der Waals surface area contributed by atoms with Gasteiger partial charge in [0.2, 0.25) is 0 Å². The molecule has 0 bridgehead atoms. The van der Waals surface area contributed by atoms with Crippen molar-refractivity contribution in [2.75, 3.05) is 13.2 Å². The maximum Gasteiger partial charge on any atom is 0.102 e. The zero-order chi connectivity index (χ0) is 13.8. The minimum absolute atomic E-state index is 0.0594. The molecule has 1 aromatic heterocycles. The molecule has 3 heteroatoms. The first kappa shape index (κ1) is 13.4. The molecule has 2 atom stereocenters. The van der Waals surface area contributed by atoms with Gasteiger partial charge < -0.3 is 14.5 Å². The van der Waals surface area contributed by atoms with Gasteiger partial charge in [0.15, 0.2) is 0 Å². The van der Waals surface area contributed by atoms with Crippen LogP contribution in [0.25, 0.3) is 0 Å². The fourth-order valence-electron chi connectivity index (χ4n) is 2.85. The summed E-state index contributed by atoms with van der Waals surface area (Å²) in [6.45, 7) is 3.93. The Morgan fingerprint density at radius 1 is 1.30 bits per heavy atom. The highest BCUT2D eigenvalue weighted by Crippen LogP contribution is 2.37. The smallest absolute Gasteiger partial charge is 0.102 e. The van der Waals surface area contributed by atoms with Crippen molar-refractivity contribution in [3.05, 3.63) is 59.5 Å². The van der Waals surface area contributed by atoms with Gasteiger partial charge in [0.05, 0.1) is 25.2 Å². The first-order valence-electron chi connectivity index (χ1n) is 7.35. The number of benzene rings is 1. The molecule has 1 N–H and O–H groups in total. The second kappa shape index (κ2) is 6.25. The lowest BCUT2D eigenvalue weighted by molar-refractivity contribution is 0.0146. The van der Waals surface area contributed by atoms with Gasteiger partial charge in [0.25, 0.3) is 0 Å². The molecule has 0 aliphatic carbocycles. The number of rotatable bonds is 5. The van der Waals surface area contributed by atoms with E-state index in [1.807, 2.05) is 12.3 Å². The largest absolute Gasteiger partial charge is 0.472 e. The molecule has 20 heavy (non-hydrogen) atoms. The van der Waals surface area contributed by atoms with Crippen LogP contribution in [0.5, 0.6) is 0 Å². The molecule has 106 valence electrons. The molecular formula is C17H21NO2. The molecule has 2 heterocycles. The Hall–Kier alpha value is -1.58. The van der Waals surface area contributed by atoms with Gasteiger partial charge in [-0.15, -0.1) is 0 Å². The van der Waals surface area contributed by atoms with Gasteiger partial charge in [-0.05, 0) is 36.6 Å². The number of furan rings is 1. The second-order valence-electron chi connectivity index (χ2n) is 5.23. The normalized spacial score (nSPS) is 19.6. The summed E-state index contributed by atoms with van der Waals surface area (Å²) in [5.41, 5.74) is 3.85. The average molecular weight is 271 g/mol. The lowest BCUT2D eigenvalue weighted by Gasteiger charge is -2.32. The zero-order valence-electron chi connectivity index (χ0n) is 11.8. The van der Waals surface area contributed by atoms with E-state index in [1.54, 1.807) is 6.26 Å². The standard InChI is InChI=1S/C17H21NO2/c1-2-9-18-16(14-7-10-19-12-14)17-15-6-4-3-5-13(15)8-11-20-17/h3-7,10,12,16-18H,2,8-9,11H2,1H3. The molecule has 1 aliphatic heterocycles. The number of hydrogen-bond acceptors (Lipinski definition) is 3. The molecule has 0 fully saturated rings. The highest BCUT2D eigenvalue weighted by atomic mass is 16.5. The van der Waals surface area contributed by atoms with E-state index in [2.05, 4.69) is 36.5 Å². The lowest BCUT2D eigenvalue weighted by atomic mass is 9.90. The summed E-state index contributed by atoms with van der Waals surface area (Å²) in [7, 11) is 0. The highest BCUT2D eigenvalue weighted by molar-refractivity contribution is 5.33. The third kappa shape index (κ3) is 2.65. The van der Waals surface area contributed by atoms with E-state index in [9.17, 15) is 0 Å². The monoisotopic (exact) mass is 271 g/mol. The molecule has 3 rings (SSSR count). The molecule has 0 saturated heterocycles. The maximum absolute atomic E-state index is 6.08. The highest BCUT2D eigenvalue weighted by Gasteiger charge is 2.30. The third-order valence-corrected chi connectivity index (χ3v) is 3.85. The van der Waals surface area contributed by atoms with Crippen LogP contribution in [0, 0.1) is 0 Å². The van der Waals surface area contributed by atoms with Crippen molar-refractivity contribution in [2.45, 2.75) is 31.9 Å². The second-order valence-corrected chi connectivity index (χ2v) is 5.23. The summed E-state index contributed by atoms with van der Waals surface area (Å²) in [6.07, 6.45) is 5.70. The predicted molar refractivity (Wildman–Crippen MR) is 78.6 cm³/mol. The van der Waals surface area contributed by atoms with Crippen LogP contribution in [0.15, 0.2) is 47.3 Å². The van der Waals surface area contributed by atoms with Crippen molar-refractivity contribution in [1.29, 1.82) is 0 Å². The fourth-order valence-corrected chi connectivity index (χ4v) is 2.85. The Labute approximate surface area is 119 Å². The Kier molecular flexibility index (Phi) is 4.19. The average Bonchev–Trinajstić information content (AvgIpc) is 3.02. The summed E-state index contributed by atoms with van der Waals surface area (Å²) in [4.78, 5) is 0. The SMILES string of the molecule is CCCNC(c1ccoc1)C1OCCc2ccccc21. The van der Waals surface area contributed by atoms with Crippen LogP contribution in [0.3, 0.4) is 0 Å². The molecule has 2 aromatic rings. The molecule has 2 unspecified atom stereocenters. The van der Waals surface area contributed by atoms with Gasteiger partial charge in [-0.3, -0.25) is 0 Å². The molecule has 3 nitrogen and oxygen atoms in total. The zero-order valence-corrected chi connectivity index (χ0v) is 11.8. The van der Waals surface area contributed by atoms with Crippen LogP contribution in [0.1, 0.15) is 42.2 Å². The van der Waals surface area contributed by atoms with Crippen LogP contribution in [-0.4, -0.2) is 13.2 Å². The number of hydrogen-bond donors (Lipinski definition) is 1. The Morgan fingerprint density at radius 3 is 3.00 bits per heavy atom. The van der Waals surface area contributed by atoms with E-state index in [1.165, 1.54) is 11.1 Å². The van der Waals surface area contributed by atoms with Gasteiger partial charge in [-0.1, -0.05) is 31.2 Å². The van der Waals surface area contributed by atoms with E-state index in [-0.39, 0.29) is 12.1 Å². The molecule has 0 amide bonds. The maximum atomic E-state index is 6.08. The molecule has 0 saturated carbocycles. The van der Waals surface area contributed by atoms with Crippen molar-refractivity contribution >= 4 is 0 Å². The third-order valence-electron chi connectivity index (χ3n) is 3.85. The summed E-state index contributed by atoms with van der Waals surface area (Å²) in [5, 5.41) is 3.60. The van der Waals surface area contributed by atoms with Gasteiger partial charge in [-0.25, -0.2) is 0 Å². The van der Waals surface area contributed by atoms with Crippen LogP contribution in [0.2, 0.25) is 0 Å². The van der Waals surface area contributed by atoms with Crippen LogP contribution >= 0.6 is 0 Å². The first-order chi connectivity index (χ1) is 9.90. The number of nitrogens with one attached hydrogen (secondary N) is 1. The van der Waals surface area contributed by atoms with Crippen LogP contribution in [0.4, 0.5) is 0 Å². The summed E-state index contributed by atoms with van der Waals surface area (Å²) in [5.74, 6) is 0. The Morgan fingerprint density at radius 2 is 2.20 bits per heavy atom. The van der Waals surface area contributed by atoms with Crippen molar-refractivity contribution in [3.63, 3.8) is 0 Å². The minimum atomic E-state index is 0.0594. The predicted octanol–water partition coefficient (Wildman–Crippen LogP) is 3.63. The van der Waals surface area contributed by atoms with Gasteiger partial charge in [0, 0.05) is 5.56 Å².